The highest BCUT2D eigenvalue weighted by Gasteiger charge is 2.03. The number of aliphatic hydroxyl groups is 2. The molecule has 17 heavy (non-hydrogen) atoms. The van der Waals surface area contributed by atoms with E-state index in [4.69, 9.17) is 15.3 Å². The summed E-state index contributed by atoms with van der Waals surface area (Å²) in [7, 11) is 0. The molecule has 0 aromatic carbocycles. The van der Waals surface area contributed by atoms with E-state index in [0.717, 1.165) is 21.6 Å². The van der Waals surface area contributed by atoms with Gasteiger partial charge in [-0.2, -0.15) is 11.8 Å². The summed E-state index contributed by atoms with van der Waals surface area (Å²) in [5.41, 5.74) is 0. The summed E-state index contributed by atoms with van der Waals surface area (Å²) in [5.74, 6) is 0.289. The minimum absolute atomic E-state index is 0.218. The fourth-order valence-corrected chi connectivity index (χ4v) is 3.05. The van der Waals surface area contributed by atoms with Crippen LogP contribution in [0.15, 0.2) is 18.2 Å². The molecular formula is C11H14O4S2. The molecule has 6 heteroatoms. The zero-order valence-electron chi connectivity index (χ0n) is 9.07. The van der Waals surface area contributed by atoms with Crippen molar-refractivity contribution in [3.63, 3.8) is 0 Å². The number of rotatable bonds is 7. The Kier molecular flexibility index (Phi) is 6.28. The van der Waals surface area contributed by atoms with E-state index in [-0.39, 0.29) is 6.61 Å². The van der Waals surface area contributed by atoms with Crippen molar-refractivity contribution < 1.29 is 20.1 Å². The van der Waals surface area contributed by atoms with Crippen LogP contribution < -0.4 is 0 Å². The number of hydrogen-bond donors (Lipinski definition) is 3. The van der Waals surface area contributed by atoms with Crippen LogP contribution in [0.3, 0.4) is 0 Å². The van der Waals surface area contributed by atoms with E-state index in [1.807, 2.05) is 12.1 Å². The quantitative estimate of drug-likeness (QED) is 0.656. The molecule has 1 rings (SSSR count). The number of aliphatic carboxylic acids is 1. The first-order valence-electron chi connectivity index (χ1n) is 4.98. The molecule has 0 radical (unpaired) electrons. The van der Waals surface area contributed by atoms with Gasteiger partial charge in [0.25, 0.3) is 0 Å². The zero-order valence-corrected chi connectivity index (χ0v) is 10.7. The molecule has 0 aliphatic rings. The van der Waals surface area contributed by atoms with Crippen LogP contribution in [0.2, 0.25) is 0 Å². The van der Waals surface area contributed by atoms with Crippen molar-refractivity contribution >= 4 is 35.1 Å². The normalized spacial score (nSPS) is 13.1. The molecule has 1 aromatic heterocycles. The lowest BCUT2D eigenvalue weighted by Gasteiger charge is -2.04. The number of aliphatic hydroxyl groups excluding tert-OH is 2. The van der Waals surface area contributed by atoms with E-state index in [1.54, 1.807) is 6.08 Å². The topological polar surface area (TPSA) is 77.8 Å². The fraction of sp³-hybridized carbons (Fsp3) is 0.364. The standard InChI is InChI=1S/C11H14O4S2/c12-5-8(13)6-16-7-10-2-1-9(17-10)3-4-11(14)15/h1-4,8,12-13H,5-7H2,(H,14,15). The van der Waals surface area contributed by atoms with Crippen LogP contribution in [-0.2, 0) is 10.5 Å². The molecule has 1 heterocycles. The Morgan fingerprint density at radius 3 is 2.94 bits per heavy atom. The van der Waals surface area contributed by atoms with Gasteiger partial charge in [-0.3, -0.25) is 0 Å². The molecule has 1 aromatic rings. The molecule has 0 spiro atoms. The van der Waals surface area contributed by atoms with E-state index in [1.165, 1.54) is 23.1 Å². The van der Waals surface area contributed by atoms with Gasteiger partial charge in [0.1, 0.15) is 0 Å². The maximum absolute atomic E-state index is 10.3. The van der Waals surface area contributed by atoms with E-state index in [0.29, 0.717) is 5.75 Å². The lowest BCUT2D eigenvalue weighted by atomic mass is 10.4. The molecule has 0 amide bonds. The van der Waals surface area contributed by atoms with Crippen molar-refractivity contribution in [2.75, 3.05) is 12.4 Å². The van der Waals surface area contributed by atoms with Gasteiger partial charge < -0.3 is 15.3 Å². The fourth-order valence-electron chi connectivity index (χ4n) is 1.06. The first-order chi connectivity index (χ1) is 8.11. The molecule has 0 fully saturated rings. The number of carboxylic acid groups (broad SMARTS) is 1. The number of thiophene rings is 1. The highest BCUT2D eigenvalue weighted by atomic mass is 32.2. The lowest BCUT2D eigenvalue weighted by molar-refractivity contribution is -0.131. The van der Waals surface area contributed by atoms with Crippen LogP contribution in [0.5, 0.6) is 0 Å². The van der Waals surface area contributed by atoms with Crippen LogP contribution in [0.1, 0.15) is 9.75 Å². The van der Waals surface area contributed by atoms with E-state index in [9.17, 15) is 4.79 Å². The van der Waals surface area contributed by atoms with Crippen LogP contribution in [-0.4, -0.2) is 39.8 Å². The molecule has 94 valence electrons. The third-order valence-electron chi connectivity index (χ3n) is 1.84. The number of thioether (sulfide) groups is 1. The van der Waals surface area contributed by atoms with Crippen LogP contribution >= 0.6 is 23.1 Å². The average Bonchev–Trinajstić information content (AvgIpc) is 2.74. The van der Waals surface area contributed by atoms with Crippen LogP contribution in [0.4, 0.5) is 0 Å². The van der Waals surface area contributed by atoms with Gasteiger partial charge in [-0.25, -0.2) is 4.79 Å². The van der Waals surface area contributed by atoms with Gasteiger partial charge >= 0.3 is 5.97 Å². The number of carbonyl (C=O) groups is 1. The Bertz CT molecular complexity index is 387. The monoisotopic (exact) mass is 274 g/mol. The van der Waals surface area contributed by atoms with E-state index in [2.05, 4.69) is 0 Å². The predicted molar refractivity (Wildman–Crippen MR) is 70.2 cm³/mol. The molecule has 4 nitrogen and oxygen atoms in total. The molecule has 0 bridgehead atoms. The second-order valence-electron chi connectivity index (χ2n) is 3.33. The third kappa shape index (κ3) is 5.88. The summed E-state index contributed by atoms with van der Waals surface area (Å²) in [6, 6.07) is 3.80. The zero-order chi connectivity index (χ0) is 12.7. The van der Waals surface area contributed by atoms with E-state index >= 15 is 0 Å². The molecule has 1 atom stereocenters. The Hall–Kier alpha value is -0.820. The van der Waals surface area contributed by atoms with E-state index < -0.39 is 12.1 Å². The number of hydrogen-bond acceptors (Lipinski definition) is 5. The summed E-state index contributed by atoms with van der Waals surface area (Å²) in [6.45, 7) is -0.218. The van der Waals surface area contributed by atoms with Crippen molar-refractivity contribution in [1.82, 2.24) is 0 Å². The first kappa shape index (κ1) is 14.2. The molecule has 0 saturated heterocycles. The Balaban J connectivity index is 2.38. The molecule has 0 aliphatic heterocycles. The van der Waals surface area contributed by atoms with Crippen molar-refractivity contribution in [3.05, 3.63) is 28.0 Å². The SMILES string of the molecule is O=C(O)C=Cc1ccc(CSCC(O)CO)s1. The maximum Gasteiger partial charge on any atom is 0.328 e. The minimum Gasteiger partial charge on any atom is -0.478 e. The molecule has 3 N–H and O–H groups in total. The predicted octanol–water partition coefficient (Wildman–Crippen LogP) is 1.43. The summed E-state index contributed by atoms with van der Waals surface area (Å²) in [6.07, 6.45) is 1.99. The van der Waals surface area contributed by atoms with Crippen molar-refractivity contribution in [1.29, 1.82) is 0 Å². The van der Waals surface area contributed by atoms with Gasteiger partial charge in [0.05, 0.1) is 12.7 Å². The second-order valence-corrected chi connectivity index (χ2v) is 5.56. The van der Waals surface area contributed by atoms with Gasteiger partial charge in [-0.05, 0) is 18.2 Å². The molecule has 0 saturated carbocycles. The molecule has 0 aliphatic carbocycles. The average molecular weight is 274 g/mol. The number of carboxylic acids is 1. The Morgan fingerprint density at radius 2 is 2.29 bits per heavy atom. The van der Waals surface area contributed by atoms with Gasteiger partial charge in [-0.15, -0.1) is 11.3 Å². The van der Waals surface area contributed by atoms with Gasteiger partial charge in [0, 0.05) is 27.3 Å². The first-order valence-corrected chi connectivity index (χ1v) is 6.95. The maximum atomic E-state index is 10.3. The van der Waals surface area contributed by atoms with Crippen LogP contribution in [0.25, 0.3) is 6.08 Å². The molecule has 1 unspecified atom stereocenters. The van der Waals surface area contributed by atoms with Crippen LogP contribution in [0, 0.1) is 0 Å². The minimum atomic E-state index is -0.958. The van der Waals surface area contributed by atoms with Gasteiger partial charge in [0.15, 0.2) is 0 Å². The summed E-state index contributed by atoms with van der Waals surface area (Å²) in [5, 5.41) is 26.2. The van der Waals surface area contributed by atoms with Crippen molar-refractivity contribution in [3.8, 4) is 0 Å². The van der Waals surface area contributed by atoms with Crippen molar-refractivity contribution in [2.45, 2.75) is 11.9 Å². The molecular weight excluding hydrogens is 260 g/mol. The Morgan fingerprint density at radius 1 is 1.53 bits per heavy atom. The van der Waals surface area contributed by atoms with Gasteiger partial charge in [-0.1, -0.05) is 0 Å². The van der Waals surface area contributed by atoms with Crippen molar-refractivity contribution in [2.24, 2.45) is 0 Å². The largest absolute Gasteiger partial charge is 0.478 e. The highest BCUT2D eigenvalue weighted by Crippen LogP contribution is 2.22. The summed E-state index contributed by atoms with van der Waals surface area (Å²) in [4.78, 5) is 12.3. The Labute approximate surface area is 108 Å². The smallest absolute Gasteiger partial charge is 0.328 e. The lowest BCUT2D eigenvalue weighted by Crippen LogP contribution is -2.14. The third-order valence-corrected chi connectivity index (χ3v) is 4.21. The van der Waals surface area contributed by atoms with Gasteiger partial charge in [0.2, 0.25) is 0 Å². The summed E-state index contributed by atoms with van der Waals surface area (Å²) >= 11 is 3.06. The highest BCUT2D eigenvalue weighted by molar-refractivity contribution is 7.98. The second kappa shape index (κ2) is 7.50. The summed E-state index contributed by atoms with van der Waals surface area (Å²) < 4.78 is 0.